The summed E-state index contributed by atoms with van der Waals surface area (Å²) in [6.07, 6.45) is 53.4. The van der Waals surface area contributed by atoms with E-state index in [0.717, 1.165) is 108 Å². The molecule has 0 amide bonds. The predicted molar refractivity (Wildman–Crippen MR) is 386 cm³/mol. The lowest BCUT2D eigenvalue weighted by molar-refractivity contribution is -0.161. The quantitative estimate of drug-likeness (QED) is 0.0222. The minimum Gasteiger partial charge on any atom is -0.462 e. The summed E-state index contributed by atoms with van der Waals surface area (Å²) in [7, 11) is -9.90. The van der Waals surface area contributed by atoms with Gasteiger partial charge in [0.2, 0.25) is 0 Å². The lowest BCUT2D eigenvalue weighted by atomic mass is 9.99. The molecule has 95 heavy (non-hydrogen) atoms. The highest BCUT2D eigenvalue weighted by molar-refractivity contribution is 7.47. The summed E-state index contributed by atoms with van der Waals surface area (Å²) in [5.41, 5.74) is 0. The van der Waals surface area contributed by atoms with Crippen molar-refractivity contribution in [2.24, 2.45) is 17.8 Å². The standard InChI is InChI=1S/C76H148O17P2/c1-8-10-11-40-50-57-73(78)86-63-71(92-76(81)60-53-46-39-33-35-42-48-55-68(5)6)65-90-94(82,83)88-61-70(77)62-89-95(84,85)91-66-72(64-87-74(79)58-51-44-37-31-27-23-20-16-17-21-25-29-34-41-47-54-67(3)4)93-75(80)59-52-45-38-32-28-24-19-15-13-12-14-18-22-26-30-36-43-49-56-69(7)9-2/h67-72,77H,8-66H2,1-7H3,(H,82,83)(H,84,85)/t69?,70-,71+,72+/m0/s1. The van der Waals surface area contributed by atoms with E-state index in [2.05, 4.69) is 48.5 Å². The largest absolute Gasteiger partial charge is 0.472 e. The molecule has 0 fully saturated rings. The molecule has 0 aromatic carbocycles. The van der Waals surface area contributed by atoms with Gasteiger partial charge in [-0.05, 0) is 43.4 Å². The van der Waals surface area contributed by atoms with Crippen LogP contribution in [0.2, 0.25) is 0 Å². The number of carbonyl (C=O) groups excluding carboxylic acids is 4. The molecule has 0 saturated heterocycles. The molecule has 0 spiro atoms. The number of aliphatic hydroxyl groups excluding tert-OH is 1. The second-order valence-electron chi connectivity index (χ2n) is 28.6. The van der Waals surface area contributed by atoms with Gasteiger partial charge in [-0.15, -0.1) is 0 Å². The van der Waals surface area contributed by atoms with Gasteiger partial charge in [-0.1, -0.05) is 337 Å². The number of esters is 4. The summed E-state index contributed by atoms with van der Waals surface area (Å²) < 4.78 is 68.2. The molecule has 0 rings (SSSR count). The number of rotatable bonds is 74. The van der Waals surface area contributed by atoms with E-state index in [9.17, 15) is 43.2 Å². The van der Waals surface area contributed by atoms with Crippen LogP contribution in [0, 0.1) is 17.8 Å². The number of hydrogen-bond acceptors (Lipinski definition) is 15. The molecule has 0 heterocycles. The van der Waals surface area contributed by atoms with E-state index in [1.54, 1.807) is 0 Å². The number of phosphoric acid groups is 2. The molecular formula is C76H148O17P2. The zero-order valence-corrected chi connectivity index (χ0v) is 63.9. The van der Waals surface area contributed by atoms with Crippen LogP contribution in [0.3, 0.4) is 0 Å². The lowest BCUT2D eigenvalue weighted by Gasteiger charge is -2.21. The Bertz CT molecular complexity index is 1850. The molecule has 17 nitrogen and oxygen atoms in total. The summed E-state index contributed by atoms with van der Waals surface area (Å²) in [5.74, 6) is 0.241. The Balaban J connectivity index is 5.11. The normalized spacial score (nSPS) is 14.4. The fourth-order valence-electron chi connectivity index (χ4n) is 11.6. The van der Waals surface area contributed by atoms with E-state index in [4.69, 9.17) is 37.0 Å². The predicted octanol–water partition coefficient (Wildman–Crippen LogP) is 22.2. The first-order chi connectivity index (χ1) is 45.8. The van der Waals surface area contributed by atoms with Gasteiger partial charge >= 0.3 is 39.5 Å². The van der Waals surface area contributed by atoms with Crippen molar-refractivity contribution in [2.75, 3.05) is 39.6 Å². The van der Waals surface area contributed by atoms with E-state index in [0.29, 0.717) is 31.6 Å². The summed E-state index contributed by atoms with van der Waals surface area (Å²) in [4.78, 5) is 72.4. The van der Waals surface area contributed by atoms with E-state index >= 15 is 0 Å². The number of ether oxygens (including phenoxy) is 4. The van der Waals surface area contributed by atoms with Gasteiger partial charge in [-0.3, -0.25) is 37.3 Å². The maximum atomic E-state index is 13.1. The fraction of sp³-hybridized carbons (Fsp3) is 0.947. The van der Waals surface area contributed by atoms with Gasteiger partial charge in [-0.25, -0.2) is 9.13 Å². The monoisotopic (exact) mass is 1400 g/mol. The van der Waals surface area contributed by atoms with Crippen LogP contribution < -0.4 is 0 Å². The molecule has 0 bridgehead atoms. The van der Waals surface area contributed by atoms with Crippen LogP contribution in [0.5, 0.6) is 0 Å². The van der Waals surface area contributed by atoms with Crippen LogP contribution >= 0.6 is 15.6 Å². The van der Waals surface area contributed by atoms with E-state index in [-0.39, 0.29) is 25.7 Å². The van der Waals surface area contributed by atoms with Gasteiger partial charge in [-0.2, -0.15) is 0 Å². The minimum atomic E-state index is -4.96. The molecular weight excluding hydrogens is 1250 g/mol. The van der Waals surface area contributed by atoms with Gasteiger partial charge in [0.25, 0.3) is 0 Å². The van der Waals surface area contributed by atoms with Gasteiger partial charge in [0.15, 0.2) is 12.2 Å². The highest BCUT2D eigenvalue weighted by Gasteiger charge is 2.30. The van der Waals surface area contributed by atoms with Crippen molar-refractivity contribution in [1.82, 2.24) is 0 Å². The SMILES string of the molecule is CCCCCCCC(=O)OC[C@H](COP(=O)(O)OC[C@H](O)COP(=O)(O)OC[C@@H](COC(=O)CCCCCCCCCCCCCCCCCC(C)C)OC(=O)CCCCCCCCCCCCCCCCCCCCC(C)CC)OC(=O)CCCCCCCCCC(C)C. The van der Waals surface area contributed by atoms with Crippen molar-refractivity contribution >= 4 is 39.5 Å². The molecule has 19 heteroatoms. The summed E-state index contributed by atoms with van der Waals surface area (Å²) in [5, 5.41) is 10.6. The molecule has 0 aliphatic heterocycles. The highest BCUT2D eigenvalue weighted by Crippen LogP contribution is 2.45. The minimum absolute atomic E-state index is 0.102. The Labute approximate surface area is 581 Å². The molecule has 0 aliphatic carbocycles. The van der Waals surface area contributed by atoms with Gasteiger partial charge in [0.1, 0.15) is 19.3 Å². The first-order valence-electron chi connectivity index (χ1n) is 39.4. The Kier molecular flexibility index (Phi) is 65.2. The zero-order chi connectivity index (χ0) is 70.1. The van der Waals surface area contributed by atoms with Crippen LogP contribution in [-0.2, 0) is 65.4 Å². The summed E-state index contributed by atoms with van der Waals surface area (Å²) in [6.45, 7) is 11.8. The van der Waals surface area contributed by atoms with Crippen molar-refractivity contribution in [3.63, 3.8) is 0 Å². The molecule has 0 saturated carbocycles. The third-order valence-electron chi connectivity index (χ3n) is 18.0. The number of carbonyl (C=O) groups is 4. The summed E-state index contributed by atoms with van der Waals surface area (Å²) >= 11 is 0. The highest BCUT2D eigenvalue weighted by atomic mass is 31.2. The van der Waals surface area contributed by atoms with E-state index in [1.165, 1.54) is 193 Å². The van der Waals surface area contributed by atoms with Gasteiger partial charge in [0.05, 0.1) is 26.4 Å². The second-order valence-corrected chi connectivity index (χ2v) is 31.5. The van der Waals surface area contributed by atoms with Crippen LogP contribution in [0.25, 0.3) is 0 Å². The average Bonchev–Trinajstić information content (AvgIpc) is 1.63. The molecule has 564 valence electrons. The Hall–Kier alpha value is -1.94. The van der Waals surface area contributed by atoms with Crippen LogP contribution in [-0.4, -0.2) is 96.7 Å². The van der Waals surface area contributed by atoms with Crippen molar-refractivity contribution in [2.45, 2.75) is 407 Å². The van der Waals surface area contributed by atoms with E-state index in [1.807, 2.05) is 0 Å². The molecule has 3 unspecified atom stereocenters. The number of hydrogen-bond donors (Lipinski definition) is 3. The molecule has 0 radical (unpaired) electrons. The second kappa shape index (κ2) is 66.6. The molecule has 6 atom stereocenters. The van der Waals surface area contributed by atoms with Crippen LogP contribution in [0.15, 0.2) is 0 Å². The van der Waals surface area contributed by atoms with Gasteiger partial charge < -0.3 is 33.8 Å². The van der Waals surface area contributed by atoms with Crippen molar-refractivity contribution in [3.05, 3.63) is 0 Å². The molecule has 0 aromatic rings. The maximum absolute atomic E-state index is 13.1. The Morgan fingerprint density at radius 3 is 0.800 bits per heavy atom. The topological polar surface area (TPSA) is 237 Å². The Morgan fingerprint density at radius 2 is 0.537 bits per heavy atom. The van der Waals surface area contributed by atoms with Crippen LogP contribution in [0.1, 0.15) is 389 Å². The molecule has 3 N–H and O–H groups in total. The third-order valence-corrected chi connectivity index (χ3v) is 19.9. The van der Waals surface area contributed by atoms with E-state index < -0.39 is 97.5 Å². The first-order valence-corrected chi connectivity index (χ1v) is 42.4. The Morgan fingerprint density at radius 1 is 0.305 bits per heavy atom. The lowest BCUT2D eigenvalue weighted by Crippen LogP contribution is -2.30. The van der Waals surface area contributed by atoms with Crippen molar-refractivity contribution in [1.29, 1.82) is 0 Å². The average molecular weight is 1400 g/mol. The van der Waals surface area contributed by atoms with Gasteiger partial charge in [0, 0.05) is 25.7 Å². The number of phosphoric ester groups is 2. The number of aliphatic hydroxyl groups is 1. The smallest absolute Gasteiger partial charge is 0.462 e. The molecule has 0 aliphatic rings. The summed E-state index contributed by atoms with van der Waals surface area (Å²) in [6, 6.07) is 0. The van der Waals surface area contributed by atoms with Crippen molar-refractivity contribution in [3.8, 4) is 0 Å². The zero-order valence-electron chi connectivity index (χ0n) is 62.1. The third kappa shape index (κ3) is 69.0. The first kappa shape index (κ1) is 93.1. The number of unbranched alkanes of at least 4 members (excludes halogenated alkanes) is 41. The fourth-order valence-corrected chi connectivity index (χ4v) is 13.1. The molecule has 0 aromatic heterocycles. The maximum Gasteiger partial charge on any atom is 0.472 e. The van der Waals surface area contributed by atoms with Crippen LogP contribution in [0.4, 0.5) is 0 Å². The van der Waals surface area contributed by atoms with Crippen molar-refractivity contribution < 1.29 is 80.2 Å².